The van der Waals surface area contributed by atoms with Crippen molar-refractivity contribution in [2.24, 2.45) is 0 Å². The molecule has 0 radical (unpaired) electrons. The van der Waals surface area contributed by atoms with Crippen LogP contribution in [0.4, 0.5) is 0 Å². The van der Waals surface area contributed by atoms with Crippen LogP contribution in [-0.2, 0) is 4.57 Å². The van der Waals surface area contributed by atoms with Crippen LogP contribution in [-0.4, -0.2) is 10.6 Å². The molecule has 0 fully saturated rings. The van der Waals surface area contributed by atoms with Crippen molar-refractivity contribution in [3.63, 3.8) is 0 Å². The van der Waals surface area contributed by atoms with Crippen LogP contribution in [0.3, 0.4) is 0 Å². The molecule has 0 amide bonds. The summed E-state index contributed by atoms with van der Waals surface area (Å²) in [7, 11) is -2.25. The summed E-state index contributed by atoms with van der Waals surface area (Å²) in [5.41, 5.74) is 0.0247. The Hall–Kier alpha value is 0.480. The van der Waals surface area contributed by atoms with E-state index in [0.717, 1.165) is 12.8 Å². The number of hydrogen-bond acceptors (Lipinski definition) is 1. The van der Waals surface area contributed by atoms with Gasteiger partial charge in [-0.3, -0.25) is 4.57 Å². The van der Waals surface area contributed by atoms with Crippen molar-refractivity contribution in [2.45, 2.75) is 58.0 Å². The molecule has 0 saturated heterocycles. The first-order valence-electron chi connectivity index (χ1n) is 4.91. The molecule has 0 bridgehead atoms. The molecule has 0 aromatic carbocycles. The average molecular weight is 229 g/mol. The predicted molar refractivity (Wildman–Crippen MR) is 61.3 cm³/mol. The highest BCUT2D eigenvalue weighted by atomic mass is 35.5. The number of halogens is 1. The Morgan fingerprint density at radius 1 is 1.23 bits per heavy atom. The molecule has 0 saturated carbocycles. The van der Waals surface area contributed by atoms with Crippen molar-refractivity contribution in [3.05, 3.63) is 0 Å². The SMILES string of the molecule is CCCCCCCC(C)[PH](=O)O.Cl. The Bertz CT molecular complexity index is 131. The van der Waals surface area contributed by atoms with Gasteiger partial charge in [0.15, 0.2) is 8.03 Å². The third-order valence-corrected chi connectivity index (χ3v) is 3.29. The topological polar surface area (TPSA) is 37.3 Å². The van der Waals surface area contributed by atoms with Crippen molar-refractivity contribution >= 4 is 20.4 Å². The van der Waals surface area contributed by atoms with Gasteiger partial charge in [0.05, 0.1) is 0 Å². The highest BCUT2D eigenvalue weighted by Gasteiger charge is 2.05. The van der Waals surface area contributed by atoms with Gasteiger partial charge in [0, 0.05) is 5.66 Å². The molecule has 2 nitrogen and oxygen atoms in total. The molecule has 1 N–H and O–H groups in total. The fourth-order valence-corrected chi connectivity index (χ4v) is 1.63. The van der Waals surface area contributed by atoms with E-state index in [1.54, 1.807) is 0 Å². The van der Waals surface area contributed by atoms with Crippen molar-refractivity contribution in [1.82, 2.24) is 0 Å². The lowest BCUT2D eigenvalue weighted by Crippen LogP contribution is -1.94. The van der Waals surface area contributed by atoms with Crippen LogP contribution >= 0.6 is 20.4 Å². The number of rotatable bonds is 7. The summed E-state index contributed by atoms with van der Waals surface area (Å²) in [5, 5.41) is 0. The van der Waals surface area contributed by atoms with Crippen LogP contribution < -0.4 is 0 Å². The molecule has 0 aliphatic rings. The van der Waals surface area contributed by atoms with E-state index in [-0.39, 0.29) is 18.1 Å². The minimum absolute atomic E-state index is 0. The molecule has 0 aromatic heterocycles. The van der Waals surface area contributed by atoms with E-state index < -0.39 is 8.03 Å². The minimum Gasteiger partial charge on any atom is -0.346 e. The molecule has 13 heavy (non-hydrogen) atoms. The summed E-state index contributed by atoms with van der Waals surface area (Å²) in [5.74, 6) is 0. The number of hydrogen-bond donors (Lipinski definition) is 1. The average Bonchev–Trinajstić information content (AvgIpc) is 2.03. The maximum atomic E-state index is 10.6. The quantitative estimate of drug-likeness (QED) is 0.534. The van der Waals surface area contributed by atoms with Gasteiger partial charge in [-0.25, -0.2) is 0 Å². The molecule has 0 rings (SSSR count). The summed E-state index contributed by atoms with van der Waals surface area (Å²) in [6, 6.07) is 0. The van der Waals surface area contributed by atoms with E-state index in [1.165, 1.54) is 25.7 Å². The van der Waals surface area contributed by atoms with E-state index in [1.807, 2.05) is 6.92 Å². The normalized spacial score (nSPS) is 14.7. The van der Waals surface area contributed by atoms with E-state index in [9.17, 15) is 4.57 Å². The Morgan fingerprint density at radius 3 is 2.23 bits per heavy atom. The second kappa shape index (κ2) is 10.6. The zero-order valence-electron chi connectivity index (χ0n) is 8.58. The summed E-state index contributed by atoms with van der Waals surface area (Å²) >= 11 is 0. The maximum absolute atomic E-state index is 10.6. The van der Waals surface area contributed by atoms with Crippen LogP contribution in [0.1, 0.15) is 52.4 Å². The summed E-state index contributed by atoms with van der Waals surface area (Å²) in [6.07, 6.45) is 7.06. The van der Waals surface area contributed by atoms with Crippen molar-refractivity contribution in [1.29, 1.82) is 0 Å². The summed E-state index contributed by atoms with van der Waals surface area (Å²) < 4.78 is 10.6. The van der Waals surface area contributed by atoms with Crippen LogP contribution in [0.15, 0.2) is 0 Å². The van der Waals surface area contributed by atoms with Gasteiger partial charge in [-0.1, -0.05) is 46.0 Å². The molecular weight excluding hydrogens is 207 g/mol. The Kier molecular flexibility index (Phi) is 12.9. The molecule has 2 unspecified atom stereocenters. The van der Waals surface area contributed by atoms with Gasteiger partial charge in [0.1, 0.15) is 0 Å². The molecule has 82 valence electrons. The van der Waals surface area contributed by atoms with E-state index >= 15 is 0 Å². The third-order valence-electron chi connectivity index (χ3n) is 2.16. The third kappa shape index (κ3) is 10.4. The molecular formula is C9H22ClO2P. The molecule has 4 heteroatoms. The number of unbranched alkanes of at least 4 members (excludes halogenated alkanes) is 4. The van der Waals surface area contributed by atoms with E-state index in [4.69, 9.17) is 4.89 Å². The fraction of sp³-hybridized carbons (Fsp3) is 1.00. The first-order chi connectivity index (χ1) is 5.68. The molecule has 2 atom stereocenters. The van der Waals surface area contributed by atoms with Crippen molar-refractivity contribution in [2.75, 3.05) is 0 Å². The Morgan fingerprint density at radius 2 is 1.77 bits per heavy atom. The van der Waals surface area contributed by atoms with Gasteiger partial charge < -0.3 is 4.89 Å². The molecule has 0 spiro atoms. The van der Waals surface area contributed by atoms with Gasteiger partial charge in [0.2, 0.25) is 0 Å². The monoisotopic (exact) mass is 228 g/mol. The highest BCUT2D eigenvalue weighted by Crippen LogP contribution is 2.26. The first kappa shape index (κ1) is 15.9. The van der Waals surface area contributed by atoms with E-state index in [2.05, 4.69) is 6.92 Å². The second-order valence-electron chi connectivity index (χ2n) is 3.44. The van der Waals surface area contributed by atoms with Gasteiger partial charge in [0.25, 0.3) is 0 Å². The van der Waals surface area contributed by atoms with Crippen LogP contribution in [0.5, 0.6) is 0 Å². The minimum atomic E-state index is -2.25. The van der Waals surface area contributed by atoms with Crippen molar-refractivity contribution < 1.29 is 9.46 Å². The lowest BCUT2D eigenvalue weighted by Gasteiger charge is -2.05. The van der Waals surface area contributed by atoms with Crippen LogP contribution in [0, 0.1) is 0 Å². The standard InChI is InChI=1S/C9H21O2P.ClH/c1-3-4-5-6-7-8-9(2)12(10)11;/h9,12H,3-8H2,1-2H3,(H,10,11);1H. The van der Waals surface area contributed by atoms with Gasteiger partial charge in [-0.2, -0.15) is 0 Å². The lowest BCUT2D eigenvalue weighted by atomic mass is 10.1. The van der Waals surface area contributed by atoms with Gasteiger partial charge in [-0.05, 0) is 6.42 Å². The zero-order chi connectivity index (χ0) is 9.40. The zero-order valence-corrected chi connectivity index (χ0v) is 10.4. The summed E-state index contributed by atoms with van der Waals surface area (Å²) in [6.45, 7) is 4.05. The van der Waals surface area contributed by atoms with Crippen LogP contribution in [0.25, 0.3) is 0 Å². The maximum Gasteiger partial charge on any atom is 0.191 e. The molecule has 0 heterocycles. The fourth-order valence-electron chi connectivity index (χ4n) is 1.18. The van der Waals surface area contributed by atoms with E-state index in [0.29, 0.717) is 0 Å². The smallest absolute Gasteiger partial charge is 0.191 e. The Balaban J connectivity index is 0. The molecule has 0 aromatic rings. The highest BCUT2D eigenvalue weighted by molar-refractivity contribution is 7.38. The summed E-state index contributed by atoms with van der Waals surface area (Å²) in [4.78, 5) is 8.77. The van der Waals surface area contributed by atoms with Crippen LogP contribution in [0.2, 0.25) is 0 Å². The first-order valence-corrected chi connectivity index (χ1v) is 6.34. The largest absolute Gasteiger partial charge is 0.346 e. The second-order valence-corrected chi connectivity index (χ2v) is 5.10. The van der Waals surface area contributed by atoms with Crippen molar-refractivity contribution in [3.8, 4) is 0 Å². The lowest BCUT2D eigenvalue weighted by molar-refractivity contribution is 0.482. The van der Waals surface area contributed by atoms with Gasteiger partial charge in [-0.15, -0.1) is 12.4 Å². The van der Waals surface area contributed by atoms with Gasteiger partial charge >= 0.3 is 0 Å². The molecule has 0 aliphatic heterocycles. The Labute approximate surface area is 88.4 Å². The molecule has 0 aliphatic carbocycles. The predicted octanol–water partition coefficient (Wildman–Crippen LogP) is 3.62.